The molecular formula is C12H18N4O. The van der Waals surface area contributed by atoms with Crippen LogP contribution in [-0.2, 0) is 0 Å². The number of fused-ring (bicyclic) bond motifs is 1. The highest BCUT2D eigenvalue weighted by Gasteiger charge is 2.22. The second-order valence-corrected chi connectivity index (χ2v) is 4.25. The number of nitrogens with one attached hydrogen (secondary N) is 1. The SMILES string of the molecule is CCC(O)(CC)CNc1nccn2cncc12. The van der Waals surface area contributed by atoms with E-state index in [2.05, 4.69) is 15.3 Å². The standard InChI is InChI=1S/C12H18N4O/c1-3-12(17,4-2)8-15-11-10-7-13-9-16(10)6-5-14-11/h5-7,9,17H,3-4,8H2,1-2H3,(H,14,15). The fourth-order valence-electron chi connectivity index (χ4n) is 1.74. The molecule has 2 N–H and O–H groups in total. The molecule has 0 aliphatic heterocycles. The van der Waals surface area contributed by atoms with Gasteiger partial charge in [-0.05, 0) is 12.8 Å². The first-order chi connectivity index (χ1) is 8.18. The molecule has 92 valence electrons. The minimum Gasteiger partial charge on any atom is -0.388 e. The van der Waals surface area contributed by atoms with Crippen LogP contribution in [0.5, 0.6) is 0 Å². The van der Waals surface area contributed by atoms with Crippen LogP contribution < -0.4 is 5.32 Å². The molecular weight excluding hydrogens is 216 g/mol. The molecule has 5 nitrogen and oxygen atoms in total. The van der Waals surface area contributed by atoms with Gasteiger partial charge in [-0.15, -0.1) is 0 Å². The van der Waals surface area contributed by atoms with Gasteiger partial charge in [-0.25, -0.2) is 9.97 Å². The minimum atomic E-state index is -0.672. The van der Waals surface area contributed by atoms with Crippen molar-refractivity contribution in [1.29, 1.82) is 0 Å². The summed E-state index contributed by atoms with van der Waals surface area (Å²) >= 11 is 0. The van der Waals surface area contributed by atoms with E-state index in [0.717, 1.165) is 24.2 Å². The summed E-state index contributed by atoms with van der Waals surface area (Å²) in [6.45, 7) is 4.47. The normalized spacial score (nSPS) is 11.9. The summed E-state index contributed by atoms with van der Waals surface area (Å²) in [5.74, 6) is 0.755. The van der Waals surface area contributed by atoms with Gasteiger partial charge in [-0.1, -0.05) is 13.8 Å². The molecule has 5 heteroatoms. The molecule has 0 atom stereocenters. The highest BCUT2D eigenvalue weighted by molar-refractivity contribution is 5.66. The Balaban J connectivity index is 2.16. The van der Waals surface area contributed by atoms with Crippen molar-refractivity contribution in [3.63, 3.8) is 0 Å². The Kier molecular flexibility index (Phi) is 3.28. The molecule has 0 saturated heterocycles. The van der Waals surface area contributed by atoms with Crippen molar-refractivity contribution in [2.24, 2.45) is 0 Å². The van der Waals surface area contributed by atoms with Crippen LogP contribution in [0.3, 0.4) is 0 Å². The van der Waals surface area contributed by atoms with Gasteiger partial charge in [0.05, 0.1) is 18.1 Å². The van der Waals surface area contributed by atoms with Crippen LogP contribution in [0, 0.1) is 0 Å². The highest BCUT2D eigenvalue weighted by Crippen LogP contribution is 2.18. The van der Waals surface area contributed by atoms with Crippen molar-refractivity contribution in [3.05, 3.63) is 24.9 Å². The van der Waals surface area contributed by atoms with Crippen LogP contribution >= 0.6 is 0 Å². The Hall–Kier alpha value is -1.62. The topological polar surface area (TPSA) is 62.5 Å². The first-order valence-electron chi connectivity index (χ1n) is 5.91. The summed E-state index contributed by atoms with van der Waals surface area (Å²) in [5.41, 5.74) is 0.246. The predicted octanol–water partition coefficient (Wildman–Crippen LogP) is 1.69. The zero-order valence-corrected chi connectivity index (χ0v) is 10.2. The molecule has 2 heterocycles. The zero-order valence-electron chi connectivity index (χ0n) is 10.2. The predicted molar refractivity (Wildman–Crippen MR) is 67.0 cm³/mol. The summed E-state index contributed by atoms with van der Waals surface area (Å²) in [6, 6.07) is 0. The summed E-state index contributed by atoms with van der Waals surface area (Å²) in [5, 5.41) is 13.4. The average Bonchev–Trinajstić information content (AvgIpc) is 2.84. The number of imidazole rings is 1. The van der Waals surface area contributed by atoms with E-state index in [1.54, 1.807) is 18.7 Å². The van der Waals surface area contributed by atoms with Gasteiger partial charge in [0.1, 0.15) is 5.52 Å². The van der Waals surface area contributed by atoms with E-state index in [1.165, 1.54) is 0 Å². The number of aromatic nitrogens is 3. The maximum absolute atomic E-state index is 10.2. The summed E-state index contributed by atoms with van der Waals surface area (Å²) in [4.78, 5) is 8.33. The van der Waals surface area contributed by atoms with Crippen LogP contribution in [0.15, 0.2) is 24.9 Å². The third-order valence-electron chi connectivity index (χ3n) is 3.24. The van der Waals surface area contributed by atoms with E-state index in [-0.39, 0.29) is 0 Å². The van der Waals surface area contributed by atoms with E-state index >= 15 is 0 Å². The van der Waals surface area contributed by atoms with E-state index < -0.39 is 5.60 Å². The number of nitrogens with zero attached hydrogens (tertiary/aromatic N) is 3. The molecule has 0 bridgehead atoms. The fraction of sp³-hybridized carbons (Fsp3) is 0.500. The van der Waals surface area contributed by atoms with Gasteiger partial charge in [0.2, 0.25) is 0 Å². The van der Waals surface area contributed by atoms with Gasteiger partial charge >= 0.3 is 0 Å². The van der Waals surface area contributed by atoms with Gasteiger partial charge in [0, 0.05) is 18.9 Å². The lowest BCUT2D eigenvalue weighted by atomic mass is 9.98. The molecule has 0 spiro atoms. The summed E-state index contributed by atoms with van der Waals surface area (Å²) in [6.07, 6.45) is 8.49. The molecule has 0 saturated carbocycles. The molecule has 2 rings (SSSR count). The average molecular weight is 234 g/mol. The van der Waals surface area contributed by atoms with Crippen LogP contribution in [0.2, 0.25) is 0 Å². The summed E-state index contributed by atoms with van der Waals surface area (Å²) < 4.78 is 1.90. The Bertz CT molecular complexity index is 490. The lowest BCUT2D eigenvalue weighted by Gasteiger charge is -2.25. The molecule has 0 aromatic carbocycles. The van der Waals surface area contributed by atoms with E-state index in [0.29, 0.717) is 6.54 Å². The first-order valence-corrected chi connectivity index (χ1v) is 5.91. The molecule has 2 aromatic rings. The second kappa shape index (κ2) is 4.71. The largest absolute Gasteiger partial charge is 0.388 e. The Morgan fingerprint density at radius 3 is 2.88 bits per heavy atom. The van der Waals surface area contributed by atoms with Gasteiger partial charge < -0.3 is 14.8 Å². The smallest absolute Gasteiger partial charge is 0.152 e. The molecule has 17 heavy (non-hydrogen) atoms. The maximum atomic E-state index is 10.2. The quantitative estimate of drug-likeness (QED) is 0.826. The Morgan fingerprint density at radius 2 is 2.18 bits per heavy atom. The van der Waals surface area contributed by atoms with Crippen molar-refractivity contribution in [1.82, 2.24) is 14.4 Å². The van der Waals surface area contributed by atoms with Gasteiger partial charge in [0.15, 0.2) is 5.82 Å². The van der Waals surface area contributed by atoms with Crippen molar-refractivity contribution >= 4 is 11.3 Å². The van der Waals surface area contributed by atoms with Crippen molar-refractivity contribution < 1.29 is 5.11 Å². The molecule has 0 unspecified atom stereocenters. The number of hydrogen-bond acceptors (Lipinski definition) is 4. The third kappa shape index (κ3) is 2.39. The molecule has 0 aliphatic carbocycles. The molecule has 0 amide bonds. The lowest BCUT2D eigenvalue weighted by molar-refractivity contribution is 0.0456. The summed E-state index contributed by atoms with van der Waals surface area (Å²) in [7, 11) is 0. The van der Waals surface area contributed by atoms with Gasteiger partial charge in [-0.2, -0.15) is 0 Å². The molecule has 0 aliphatic rings. The molecule has 0 fully saturated rings. The number of hydrogen-bond donors (Lipinski definition) is 2. The lowest BCUT2D eigenvalue weighted by Crippen LogP contribution is -2.35. The van der Waals surface area contributed by atoms with Crippen LogP contribution in [-0.4, -0.2) is 31.6 Å². The van der Waals surface area contributed by atoms with E-state index in [1.807, 2.05) is 24.4 Å². The fourth-order valence-corrected chi connectivity index (χ4v) is 1.74. The van der Waals surface area contributed by atoms with Crippen molar-refractivity contribution in [2.75, 3.05) is 11.9 Å². The van der Waals surface area contributed by atoms with Crippen molar-refractivity contribution in [2.45, 2.75) is 32.3 Å². The number of rotatable bonds is 5. The van der Waals surface area contributed by atoms with E-state index in [9.17, 15) is 5.11 Å². The number of anilines is 1. The van der Waals surface area contributed by atoms with Crippen LogP contribution in [0.1, 0.15) is 26.7 Å². The van der Waals surface area contributed by atoms with Gasteiger partial charge in [0.25, 0.3) is 0 Å². The van der Waals surface area contributed by atoms with E-state index in [4.69, 9.17) is 0 Å². The molecule has 2 aromatic heterocycles. The molecule has 0 radical (unpaired) electrons. The minimum absolute atomic E-state index is 0.498. The van der Waals surface area contributed by atoms with Gasteiger partial charge in [-0.3, -0.25) is 0 Å². The van der Waals surface area contributed by atoms with Crippen molar-refractivity contribution in [3.8, 4) is 0 Å². The third-order valence-corrected chi connectivity index (χ3v) is 3.24. The zero-order chi connectivity index (χ0) is 12.3. The Labute approximate surface area is 101 Å². The highest BCUT2D eigenvalue weighted by atomic mass is 16.3. The Morgan fingerprint density at radius 1 is 1.41 bits per heavy atom. The number of aliphatic hydroxyl groups is 1. The van der Waals surface area contributed by atoms with Crippen LogP contribution in [0.25, 0.3) is 5.52 Å². The second-order valence-electron chi connectivity index (χ2n) is 4.25. The monoisotopic (exact) mass is 234 g/mol. The maximum Gasteiger partial charge on any atom is 0.152 e. The first kappa shape index (κ1) is 11.9. The van der Waals surface area contributed by atoms with Crippen LogP contribution in [0.4, 0.5) is 5.82 Å².